The maximum Gasteiger partial charge on any atom is 0.118 e. The van der Waals surface area contributed by atoms with E-state index in [0.717, 1.165) is 95.6 Å². The van der Waals surface area contributed by atoms with Crippen molar-refractivity contribution >= 4 is 39.6 Å². The molecule has 7 heteroatoms. The molecule has 4 aliphatic heterocycles. The van der Waals surface area contributed by atoms with E-state index in [1.165, 1.54) is 0 Å². The van der Waals surface area contributed by atoms with Crippen molar-refractivity contribution in [2.75, 3.05) is 21.3 Å². The van der Waals surface area contributed by atoms with Gasteiger partial charge in [-0.3, -0.25) is 0 Å². The van der Waals surface area contributed by atoms with Gasteiger partial charge in [0.25, 0.3) is 0 Å². The second-order valence-electron chi connectivity index (χ2n) is 11.2. The predicted molar refractivity (Wildman–Crippen MR) is 189 cm³/mol. The molecule has 4 aliphatic rings. The van der Waals surface area contributed by atoms with Gasteiger partial charge < -0.3 is 19.2 Å². The first-order valence-electron chi connectivity index (χ1n) is 15.3. The number of H-pyrrole nitrogens is 1. The zero-order chi connectivity index (χ0) is 31.9. The van der Waals surface area contributed by atoms with Crippen molar-refractivity contribution < 1.29 is 14.2 Å². The first-order chi connectivity index (χ1) is 23.1. The molecule has 0 fully saturated rings. The molecular formula is C40H30N4O3. The highest BCUT2D eigenvalue weighted by Gasteiger charge is 2.24. The zero-order valence-electron chi connectivity index (χ0n) is 26.1. The number of rotatable bonds is 6. The number of hydrogen-bond acceptors (Lipinski definition) is 6. The normalized spacial score (nSPS) is 16.3. The van der Waals surface area contributed by atoms with E-state index < -0.39 is 0 Å². The van der Waals surface area contributed by atoms with Crippen LogP contribution < -0.4 is 24.9 Å². The first-order valence-corrected chi connectivity index (χ1v) is 15.3. The van der Waals surface area contributed by atoms with Gasteiger partial charge in [0.1, 0.15) is 17.2 Å². The molecule has 7 nitrogen and oxygen atoms in total. The lowest BCUT2D eigenvalue weighted by Crippen LogP contribution is -2.18. The van der Waals surface area contributed by atoms with Crippen molar-refractivity contribution in [2.24, 2.45) is 15.0 Å². The van der Waals surface area contributed by atoms with E-state index in [-0.39, 0.29) is 0 Å². The van der Waals surface area contributed by atoms with Crippen molar-refractivity contribution in [3.05, 3.63) is 160 Å². The quantitative estimate of drug-likeness (QED) is 0.280. The monoisotopic (exact) mass is 614 g/mol. The number of ether oxygens (including phenoxy) is 3. The van der Waals surface area contributed by atoms with E-state index in [2.05, 4.69) is 71.8 Å². The third kappa shape index (κ3) is 5.08. The molecule has 228 valence electrons. The number of methoxy groups -OCH3 is 3. The molecule has 0 aliphatic carbocycles. The van der Waals surface area contributed by atoms with Gasteiger partial charge in [-0.05, 0) is 102 Å². The summed E-state index contributed by atoms with van der Waals surface area (Å²) >= 11 is 0. The van der Waals surface area contributed by atoms with E-state index in [0.29, 0.717) is 0 Å². The van der Waals surface area contributed by atoms with Crippen LogP contribution >= 0.6 is 0 Å². The fourth-order valence-corrected chi connectivity index (χ4v) is 6.19. The van der Waals surface area contributed by atoms with E-state index in [1.54, 1.807) is 21.3 Å². The number of hydrogen-bond donors (Lipinski definition) is 1. The SMILES string of the molecule is COc1ccc(C2=C3C=CC(=N3)C(c3ccc(OC)cc3)=C3C=CC(=N3)C(c3ccc(OC)cc3)=c3ccc([nH]3)=C3C=CC2=N3)cc1. The molecule has 0 radical (unpaired) electrons. The summed E-state index contributed by atoms with van der Waals surface area (Å²) < 4.78 is 16.4. The number of aromatic nitrogens is 1. The molecule has 0 saturated carbocycles. The summed E-state index contributed by atoms with van der Waals surface area (Å²) in [6.45, 7) is 0. The summed E-state index contributed by atoms with van der Waals surface area (Å²) in [5, 5.41) is 1.85. The highest BCUT2D eigenvalue weighted by atomic mass is 16.5. The van der Waals surface area contributed by atoms with Crippen LogP contribution in [-0.2, 0) is 0 Å². The highest BCUT2D eigenvalue weighted by Crippen LogP contribution is 2.35. The molecule has 0 amide bonds. The first kappa shape index (κ1) is 28.3. The Balaban J connectivity index is 1.43. The van der Waals surface area contributed by atoms with Crippen LogP contribution in [0.5, 0.6) is 17.2 Å². The van der Waals surface area contributed by atoms with Gasteiger partial charge in [-0.2, -0.15) is 0 Å². The topological polar surface area (TPSA) is 80.6 Å². The molecule has 3 aromatic carbocycles. The molecule has 1 N–H and O–H groups in total. The molecular weight excluding hydrogens is 584 g/mol. The number of fused-ring (bicyclic) bond motifs is 5. The lowest BCUT2D eigenvalue weighted by Gasteiger charge is -2.12. The van der Waals surface area contributed by atoms with Crippen molar-refractivity contribution in [2.45, 2.75) is 0 Å². The van der Waals surface area contributed by atoms with Crippen LogP contribution in [0.15, 0.2) is 148 Å². The minimum atomic E-state index is 0.782. The van der Waals surface area contributed by atoms with Crippen molar-refractivity contribution in [3.8, 4) is 17.2 Å². The molecule has 4 aromatic rings. The van der Waals surface area contributed by atoms with E-state index in [4.69, 9.17) is 29.2 Å². The lowest BCUT2D eigenvalue weighted by atomic mass is 9.98. The molecule has 8 rings (SSSR count). The summed E-state index contributed by atoms with van der Waals surface area (Å²) in [7, 11) is 5.01. The largest absolute Gasteiger partial charge is 0.497 e. The Bertz CT molecular complexity index is 2310. The Morgan fingerprint density at radius 2 is 0.745 bits per heavy atom. The lowest BCUT2D eigenvalue weighted by molar-refractivity contribution is 0.414. The Hall–Kier alpha value is -6.21. The van der Waals surface area contributed by atoms with Crippen LogP contribution in [-0.4, -0.2) is 43.4 Å². The Morgan fingerprint density at radius 1 is 0.383 bits per heavy atom. The fourth-order valence-electron chi connectivity index (χ4n) is 6.19. The number of benzene rings is 3. The van der Waals surface area contributed by atoms with E-state index >= 15 is 0 Å². The second-order valence-corrected chi connectivity index (χ2v) is 11.2. The van der Waals surface area contributed by atoms with Crippen LogP contribution in [0.25, 0.3) is 22.4 Å². The molecule has 0 spiro atoms. The highest BCUT2D eigenvalue weighted by molar-refractivity contribution is 6.37. The van der Waals surface area contributed by atoms with Crippen molar-refractivity contribution in [3.63, 3.8) is 0 Å². The fraction of sp³-hybridized carbons (Fsp3) is 0.0750. The summed E-state index contributed by atoms with van der Waals surface area (Å²) in [4.78, 5) is 19.3. The van der Waals surface area contributed by atoms with Gasteiger partial charge in [-0.15, -0.1) is 0 Å². The number of allylic oxidation sites excluding steroid dienone is 7. The standard InChI is InChI=1S/C40H30N4O3/c1-45-27-10-4-24(5-11-27)38-32-18-16-30(41-32)31-17-19-33(42-31)39(25-6-12-28(46-2)13-7-25)35-21-23-37(44-35)40(36-22-20-34(38)43-36)26-8-14-29(47-3)15-9-26/h4-23,41H,1-3H3. The third-order valence-electron chi connectivity index (χ3n) is 8.57. The molecule has 0 saturated heterocycles. The maximum atomic E-state index is 5.47. The van der Waals surface area contributed by atoms with Gasteiger partial charge in [-0.1, -0.05) is 36.4 Å². The van der Waals surface area contributed by atoms with Crippen LogP contribution in [0.4, 0.5) is 0 Å². The summed E-state index contributed by atoms with van der Waals surface area (Å²) in [6.07, 6.45) is 12.4. The smallest absolute Gasteiger partial charge is 0.118 e. The van der Waals surface area contributed by atoms with Crippen LogP contribution in [0.2, 0.25) is 0 Å². The maximum absolute atomic E-state index is 5.47. The molecule has 8 bridgehead atoms. The molecule has 47 heavy (non-hydrogen) atoms. The number of aliphatic imine (C=N–C) groups is 3. The molecule has 0 atom stereocenters. The van der Waals surface area contributed by atoms with Crippen LogP contribution in [0, 0.1) is 0 Å². The average molecular weight is 615 g/mol. The van der Waals surface area contributed by atoms with E-state index in [9.17, 15) is 0 Å². The summed E-state index contributed by atoms with van der Waals surface area (Å²) in [5.41, 5.74) is 10.8. The summed E-state index contributed by atoms with van der Waals surface area (Å²) in [6, 6.07) is 28.3. The molecule has 0 unspecified atom stereocenters. The minimum absolute atomic E-state index is 0.782. The van der Waals surface area contributed by atoms with Crippen molar-refractivity contribution in [1.82, 2.24) is 4.98 Å². The van der Waals surface area contributed by atoms with E-state index in [1.807, 2.05) is 54.6 Å². The molecule has 1 aromatic heterocycles. The van der Waals surface area contributed by atoms with Gasteiger partial charge in [-0.25, -0.2) is 15.0 Å². The number of nitrogens with one attached hydrogen (secondary N) is 1. The second kappa shape index (κ2) is 11.6. The summed E-state index contributed by atoms with van der Waals surface area (Å²) in [5.74, 6) is 2.36. The van der Waals surface area contributed by atoms with Crippen LogP contribution in [0.3, 0.4) is 0 Å². The van der Waals surface area contributed by atoms with Crippen molar-refractivity contribution in [1.29, 1.82) is 0 Å². The van der Waals surface area contributed by atoms with Gasteiger partial charge >= 0.3 is 0 Å². The minimum Gasteiger partial charge on any atom is -0.497 e. The van der Waals surface area contributed by atoms with Gasteiger partial charge in [0.2, 0.25) is 0 Å². The Labute approximate surface area is 272 Å². The Morgan fingerprint density at radius 3 is 1.19 bits per heavy atom. The van der Waals surface area contributed by atoms with Gasteiger partial charge in [0.05, 0.1) is 60.9 Å². The Kier molecular flexibility index (Phi) is 6.99. The van der Waals surface area contributed by atoms with Gasteiger partial charge in [0, 0.05) is 22.1 Å². The number of aromatic amines is 1. The number of nitrogens with zero attached hydrogens (tertiary/aromatic N) is 3. The predicted octanol–water partition coefficient (Wildman–Crippen LogP) is 6.22. The molecule has 5 heterocycles. The average Bonchev–Trinajstić information content (AvgIpc) is 3.95. The van der Waals surface area contributed by atoms with Gasteiger partial charge in [0.15, 0.2) is 0 Å². The zero-order valence-corrected chi connectivity index (χ0v) is 26.1. The third-order valence-corrected chi connectivity index (χ3v) is 8.57. The van der Waals surface area contributed by atoms with Crippen LogP contribution in [0.1, 0.15) is 16.7 Å².